The van der Waals surface area contributed by atoms with Crippen molar-refractivity contribution in [3.8, 4) is 0 Å². The molecule has 0 aliphatic heterocycles. The molecule has 2 N–H and O–H groups in total. The molecule has 0 unspecified atom stereocenters. The van der Waals surface area contributed by atoms with E-state index in [2.05, 4.69) is 11.4 Å². The lowest BCUT2D eigenvalue weighted by Gasteiger charge is -2.19. The number of carbonyl (C=O) groups excluding carboxylic acids is 1. The molecule has 0 bridgehead atoms. The fourth-order valence-electron chi connectivity index (χ4n) is 3.07. The van der Waals surface area contributed by atoms with Gasteiger partial charge in [-0.15, -0.1) is 0 Å². The highest BCUT2D eigenvalue weighted by molar-refractivity contribution is 6.04. The van der Waals surface area contributed by atoms with E-state index in [1.165, 1.54) is 23.6 Å². The Morgan fingerprint density at radius 3 is 2.74 bits per heavy atom. The Hall–Kier alpha value is -2.56. The molecule has 0 saturated heterocycles. The van der Waals surface area contributed by atoms with E-state index in [1.807, 2.05) is 12.1 Å². The number of benzene rings is 1. The molecule has 1 aromatic carbocycles. The van der Waals surface area contributed by atoms with Crippen molar-refractivity contribution in [3.63, 3.8) is 0 Å². The van der Waals surface area contributed by atoms with Gasteiger partial charge in [-0.25, -0.2) is 4.79 Å². The van der Waals surface area contributed by atoms with E-state index >= 15 is 0 Å². The van der Waals surface area contributed by atoms with Crippen molar-refractivity contribution in [2.45, 2.75) is 39.0 Å². The zero-order valence-corrected chi connectivity index (χ0v) is 13.0. The molecule has 5 nitrogen and oxygen atoms in total. The maximum absolute atomic E-state index is 12.4. The zero-order valence-electron chi connectivity index (χ0n) is 13.0. The first-order valence-electron chi connectivity index (χ1n) is 7.88. The van der Waals surface area contributed by atoms with Crippen LogP contribution in [0.25, 0.3) is 0 Å². The van der Waals surface area contributed by atoms with Gasteiger partial charge in [0.2, 0.25) is 0 Å². The maximum atomic E-state index is 12.4. The van der Waals surface area contributed by atoms with Crippen LogP contribution in [0.5, 0.6) is 0 Å². The zero-order chi connectivity index (χ0) is 16.4. The first kappa shape index (κ1) is 15.3. The van der Waals surface area contributed by atoms with Crippen LogP contribution in [0.3, 0.4) is 0 Å². The van der Waals surface area contributed by atoms with Crippen LogP contribution < -0.4 is 5.32 Å². The molecule has 0 radical (unpaired) electrons. The van der Waals surface area contributed by atoms with Crippen LogP contribution in [0.4, 0.5) is 5.69 Å². The molecule has 2 aromatic rings. The summed E-state index contributed by atoms with van der Waals surface area (Å²) in [7, 11) is 0. The van der Waals surface area contributed by atoms with Gasteiger partial charge in [0.05, 0.1) is 0 Å². The Morgan fingerprint density at radius 1 is 1.26 bits per heavy atom. The van der Waals surface area contributed by atoms with E-state index in [9.17, 15) is 9.59 Å². The summed E-state index contributed by atoms with van der Waals surface area (Å²) in [5.74, 6) is -1.14. The third-order valence-corrected chi connectivity index (χ3v) is 4.23. The van der Waals surface area contributed by atoms with Crippen LogP contribution in [0.1, 0.15) is 57.6 Å². The van der Waals surface area contributed by atoms with Gasteiger partial charge in [0, 0.05) is 18.2 Å². The monoisotopic (exact) mass is 313 g/mol. The number of nitrogens with one attached hydrogen (secondary N) is 1. The quantitative estimate of drug-likeness (QED) is 0.902. The van der Waals surface area contributed by atoms with Gasteiger partial charge in [0.1, 0.15) is 11.3 Å². The lowest BCUT2D eigenvalue weighted by molar-refractivity contribution is 0.0694. The first-order valence-corrected chi connectivity index (χ1v) is 7.88. The van der Waals surface area contributed by atoms with Crippen molar-refractivity contribution in [3.05, 3.63) is 52.5 Å². The normalized spacial score (nSPS) is 13.4. The number of hydrogen-bond donors (Lipinski definition) is 2. The Morgan fingerprint density at radius 2 is 2.04 bits per heavy atom. The number of aryl methyl sites for hydroxylation is 2. The minimum Gasteiger partial charge on any atom is -0.478 e. The minimum absolute atomic E-state index is 0.0349. The van der Waals surface area contributed by atoms with Gasteiger partial charge in [0.15, 0.2) is 5.76 Å². The Kier molecular flexibility index (Phi) is 4.19. The largest absolute Gasteiger partial charge is 0.478 e. The predicted molar refractivity (Wildman–Crippen MR) is 86.1 cm³/mol. The molecular weight excluding hydrogens is 294 g/mol. The fraction of sp³-hybridized carbons (Fsp3) is 0.333. The Balaban J connectivity index is 1.87. The Bertz CT molecular complexity index is 760. The molecule has 120 valence electrons. The number of anilines is 1. The van der Waals surface area contributed by atoms with Gasteiger partial charge < -0.3 is 14.8 Å². The Labute approximate surface area is 134 Å². The van der Waals surface area contributed by atoms with Gasteiger partial charge >= 0.3 is 5.97 Å². The van der Waals surface area contributed by atoms with E-state index in [1.54, 1.807) is 6.92 Å². The smallest absolute Gasteiger partial charge is 0.339 e. The molecule has 1 heterocycles. The second-order valence-electron chi connectivity index (χ2n) is 5.71. The minimum atomic E-state index is -1.08. The van der Waals surface area contributed by atoms with Crippen LogP contribution in [-0.2, 0) is 19.3 Å². The average Bonchev–Trinajstić information content (AvgIpc) is 3.00. The van der Waals surface area contributed by atoms with Gasteiger partial charge in [-0.1, -0.05) is 19.1 Å². The summed E-state index contributed by atoms with van der Waals surface area (Å²) in [6.07, 6.45) is 4.69. The van der Waals surface area contributed by atoms with Crippen LogP contribution in [0.15, 0.2) is 28.7 Å². The van der Waals surface area contributed by atoms with E-state index in [4.69, 9.17) is 9.52 Å². The summed E-state index contributed by atoms with van der Waals surface area (Å²) in [5, 5.41) is 12.0. The molecule has 1 aromatic heterocycles. The number of carboxylic acids is 1. The number of hydrogen-bond acceptors (Lipinski definition) is 3. The average molecular weight is 313 g/mol. The van der Waals surface area contributed by atoms with E-state index in [-0.39, 0.29) is 11.3 Å². The molecule has 1 amide bonds. The summed E-state index contributed by atoms with van der Waals surface area (Å²) < 4.78 is 5.41. The van der Waals surface area contributed by atoms with Crippen molar-refractivity contribution in [2.24, 2.45) is 0 Å². The van der Waals surface area contributed by atoms with Crippen molar-refractivity contribution in [2.75, 3.05) is 5.32 Å². The van der Waals surface area contributed by atoms with Crippen molar-refractivity contribution >= 4 is 17.6 Å². The highest BCUT2D eigenvalue weighted by Gasteiger charge is 2.21. The van der Waals surface area contributed by atoms with E-state index < -0.39 is 11.9 Å². The fourth-order valence-corrected chi connectivity index (χ4v) is 3.07. The number of amides is 1. The highest BCUT2D eigenvalue weighted by Crippen LogP contribution is 2.28. The van der Waals surface area contributed by atoms with Crippen LogP contribution in [0.2, 0.25) is 0 Å². The summed E-state index contributed by atoms with van der Waals surface area (Å²) in [4.78, 5) is 23.6. The molecule has 0 spiro atoms. The van der Waals surface area contributed by atoms with Crippen LogP contribution >= 0.6 is 0 Å². The topological polar surface area (TPSA) is 79.5 Å². The predicted octanol–water partition coefficient (Wildman–Crippen LogP) is 3.67. The molecule has 23 heavy (non-hydrogen) atoms. The van der Waals surface area contributed by atoms with Crippen molar-refractivity contribution < 1.29 is 19.1 Å². The third-order valence-electron chi connectivity index (χ3n) is 4.23. The second-order valence-corrected chi connectivity index (χ2v) is 5.71. The maximum Gasteiger partial charge on any atom is 0.339 e. The molecule has 1 aliphatic carbocycles. The van der Waals surface area contributed by atoms with Crippen molar-refractivity contribution in [1.82, 2.24) is 0 Å². The molecule has 1 aliphatic rings. The first-order chi connectivity index (χ1) is 11.1. The van der Waals surface area contributed by atoms with Gasteiger partial charge in [0.25, 0.3) is 5.91 Å². The number of furan rings is 1. The van der Waals surface area contributed by atoms with E-state index in [0.29, 0.717) is 12.2 Å². The number of rotatable bonds is 4. The number of carboxylic acid groups (broad SMARTS) is 1. The summed E-state index contributed by atoms with van der Waals surface area (Å²) >= 11 is 0. The van der Waals surface area contributed by atoms with Gasteiger partial charge in [-0.05, 0) is 42.9 Å². The lowest BCUT2D eigenvalue weighted by atomic mass is 9.90. The summed E-state index contributed by atoms with van der Waals surface area (Å²) in [6, 6.07) is 7.20. The van der Waals surface area contributed by atoms with Gasteiger partial charge in [-0.3, -0.25) is 4.79 Å². The molecule has 0 saturated carbocycles. The van der Waals surface area contributed by atoms with Gasteiger partial charge in [-0.2, -0.15) is 0 Å². The molecular formula is C18H19NO4. The van der Waals surface area contributed by atoms with E-state index in [0.717, 1.165) is 24.9 Å². The molecule has 0 atom stereocenters. The number of carbonyl (C=O) groups is 2. The number of fused-ring (bicyclic) bond motifs is 1. The lowest BCUT2D eigenvalue weighted by Crippen LogP contribution is -2.15. The molecule has 5 heteroatoms. The third kappa shape index (κ3) is 2.99. The summed E-state index contributed by atoms with van der Waals surface area (Å²) in [6.45, 7) is 1.79. The molecule has 3 rings (SSSR count). The summed E-state index contributed by atoms with van der Waals surface area (Å²) in [5.41, 5.74) is 3.29. The highest BCUT2D eigenvalue weighted by atomic mass is 16.4. The van der Waals surface area contributed by atoms with Crippen LogP contribution in [0, 0.1) is 0 Å². The van der Waals surface area contributed by atoms with Crippen LogP contribution in [-0.4, -0.2) is 17.0 Å². The second kappa shape index (κ2) is 6.28. The standard InChI is InChI=1S/C18H19NO4/c1-2-15-13(18(21)22)10-16(23-15)17(20)19-14-9-5-7-11-6-3-4-8-12(11)14/h5,7,9-10H,2-4,6,8H2,1H3,(H,19,20)(H,21,22). The molecule has 0 fully saturated rings. The SMILES string of the molecule is CCc1oc(C(=O)Nc2cccc3c2CCCC3)cc1C(=O)O. The number of aromatic carboxylic acids is 1. The van der Waals surface area contributed by atoms with Crippen molar-refractivity contribution in [1.29, 1.82) is 0 Å².